The van der Waals surface area contributed by atoms with E-state index in [1.807, 2.05) is 80.9 Å². The maximum absolute atomic E-state index is 12.2. The number of nitrogens with zero attached hydrogens (tertiary/aromatic N) is 6. The lowest BCUT2D eigenvalue weighted by Crippen LogP contribution is -2.32. The number of fused-ring (bicyclic) bond motifs is 1. The van der Waals surface area contributed by atoms with E-state index in [-0.39, 0.29) is 17.6 Å². The second kappa shape index (κ2) is 13.7. The molecule has 2 aromatic heterocycles. The van der Waals surface area contributed by atoms with Crippen molar-refractivity contribution in [3.63, 3.8) is 0 Å². The summed E-state index contributed by atoms with van der Waals surface area (Å²) in [6, 6.07) is 13.0. The van der Waals surface area contributed by atoms with E-state index in [1.165, 1.54) is 13.2 Å². The van der Waals surface area contributed by atoms with Crippen LogP contribution >= 0.6 is 0 Å². The van der Waals surface area contributed by atoms with Crippen LogP contribution in [0.25, 0.3) is 22.2 Å². The molecule has 12 nitrogen and oxygen atoms in total. The minimum atomic E-state index is -0.499. The smallest absolute Gasteiger partial charge is 0.306 e. The average molecular weight is 604 g/mol. The van der Waals surface area contributed by atoms with E-state index in [2.05, 4.69) is 15.2 Å². The Morgan fingerprint density at radius 3 is 2.57 bits per heavy atom. The summed E-state index contributed by atoms with van der Waals surface area (Å²) in [4.78, 5) is 36.7. The lowest BCUT2D eigenvalue weighted by atomic mass is 10.1. The van der Waals surface area contributed by atoms with Gasteiger partial charge in [-0.05, 0) is 52.9 Å². The summed E-state index contributed by atoms with van der Waals surface area (Å²) < 4.78 is 13.0. The second-order valence-corrected chi connectivity index (χ2v) is 11.8. The number of ether oxygens (including phenoxy) is 2. The SMILES string of the molecule is COc1cc(N(C)CCN(C)CCCC(=O)OC(C)(C)C)c([N+](=O)[O-])cc1Nc1nccc(-c2cn(C)c3ccccc23)n1. The van der Waals surface area contributed by atoms with Crippen LogP contribution < -0.4 is 15.0 Å². The van der Waals surface area contributed by atoms with Crippen LogP contribution in [0.4, 0.5) is 23.0 Å². The van der Waals surface area contributed by atoms with Crippen LogP contribution in [-0.2, 0) is 16.6 Å². The number of anilines is 3. The number of nitro groups is 1. The van der Waals surface area contributed by atoms with Gasteiger partial charge in [0.1, 0.15) is 17.0 Å². The molecule has 234 valence electrons. The Morgan fingerprint density at radius 1 is 1.11 bits per heavy atom. The molecule has 2 aromatic carbocycles. The van der Waals surface area contributed by atoms with Gasteiger partial charge in [-0.1, -0.05) is 18.2 Å². The molecule has 4 rings (SSSR count). The molecule has 0 radical (unpaired) electrons. The minimum Gasteiger partial charge on any atom is -0.494 e. The molecule has 1 N–H and O–H groups in total. The second-order valence-electron chi connectivity index (χ2n) is 11.8. The number of benzene rings is 2. The first kappa shape index (κ1) is 32.2. The summed E-state index contributed by atoms with van der Waals surface area (Å²) in [5.74, 6) is 0.490. The molecule has 4 aromatic rings. The van der Waals surface area contributed by atoms with E-state index in [0.29, 0.717) is 49.6 Å². The largest absolute Gasteiger partial charge is 0.494 e. The lowest BCUT2D eigenvalue weighted by Gasteiger charge is -2.24. The summed E-state index contributed by atoms with van der Waals surface area (Å²) in [6.07, 6.45) is 4.67. The molecule has 0 aliphatic heterocycles. The van der Waals surface area contributed by atoms with Gasteiger partial charge in [0.15, 0.2) is 0 Å². The Balaban J connectivity index is 1.47. The fourth-order valence-corrected chi connectivity index (χ4v) is 4.95. The quantitative estimate of drug-likeness (QED) is 0.114. The number of aryl methyl sites for hydroxylation is 1. The van der Waals surface area contributed by atoms with Gasteiger partial charge >= 0.3 is 5.97 Å². The molecule has 0 fully saturated rings. The van der Waals surface area contributed by atoms with E-state index in [1.54, 1.807) is 19.3 Å². The molecular formula is C32H41N7O5. The van der Waals surface area contributed by atoms with E-state index in [9.17, 15) is 14.9 Å². The maximum Gasteiger partial charge on any atom is 0.306 e. The summed E-state index contributed by atoms with van der Waals surface area (Å²) >= 11 is 0. The van der Waals surface area contributed by atoms with Crippen LogP contribution in [-0.4, -0.2) is 76.8 Å². The summed E-state index contributed by atoms with van der Waals surface area (Å²) in [7, 11) is 7.26. The fourth-order valence-electron chi connectivity index (χ4n) is 4.95. The summed E-state index contributed by atoms with van der Waals surface area (Å²) in [5, 5.41) is 16.3. The Kier molecular flexibility index (Phi) is 10.0. The van der Waals surface area contributed by atoms with E-state index in [0.717, 1.165) is 22.2 Å². The van der Waals surface area contributed by atoms with Gasteiger partial charge < -0.3 is 29.2 Å². The Labute approximate surface area is 257 Å². The molecule has 0 spiro atoms. The van der Waals surface area contributed by atoms with Crippen LogP contribution in [0.1, 0.15) is 33.6 Å². The standard InChI is InChI=1S/C32H41N7O5/c1-32(2,3)44-30(40)13-10-16-36(4)17-18-37(5)27-20-29(43-7)25(19-28(27)39(41)42)35-31-33-15-14-24(34-31)23-21-38(6)26-12-9-8-11-22(23)26/h8-9,11-12,14-15,19-21H,10,13,16-18H2,1-7H3,(H,33,34,35). The van der Waals surface area contributed by atoms with Crippen LogP contribution in [0.15, 0.2) is 54.9 Å². The number of para-hydroxylation sites is 1. The van der Waals surface area contributed by atoms with Gasteiger partial charge in [0.2, 0.25) is 5.95 Å². The van der Waals surface area contributed by atoms with Gasteiger partial charge in [0.25, 0.3) is 5.69 Å². The van der Waals surface area contributed by atoms with Gasteiger partial charge in [-0.15, -0.1) is 0 Å². The molecule has 0 atom stereocenters. The zero-order valence-electron chi connectivity index (χ0n) is 26.5. The topological polar surface area (TPSA) is 128 Å². The maximum atomic E-state index is 12.2. The van der Waals surface area contributed by atoms with Crippen molar-refractivity contribution in [1.82, 2.24) is 19.4 Å². The highest BCUT2D eigenvalue weighted by Gasteiger charge is 2.23. The normalized spacial score (nSPS) is 11.5. The summed E-state index contributed by atoms with van der Waals surface area (Å²) in [5.41, 5.74) is 2.99. The molecular weight excluding hydrogens is 562 g/mol. The number of methoxy groups -OCH3 is 1. The van der Waals surface area contributed by atoms with Gasteiger partial charge in [0.05, 0.1) is 23.4 Å². The van der Waals surface area contributed by atoms with Crippen molar-refractivity contribution in [1.29, 1.82) is 0 Å². The first-order chi connectivity index (χ1) is 20.9. The molecule has 2 heterocycles. The van der Waals surface area contributed by atoms with Gasteiger partial charge in [-0.25, -0.2) is 9.97 Å². The Bertz CT molecular complexity index is 1630. The van der Waals surface area contributed by atoms with E-state index in [4.69, 9.17) is 14.5 Å². The first-order valence-electron chi connectivity index (χ1n) is 14.5. The highest BCUT2D eigenvalue weighted by atomic mass is 16.6. The van der Waals surface area contributed by atoms with E-state index >= 15 is 0 Å². The van der Waals surface area contributed by atoms with Crippen LogP contribution in [0.5, 0.6) is 5.75 Å². The van der Waals surface area contributed by atoms with Crippen molar-refractivity contribution < 1.29 is 19.2 Å². The summed E-state index contributed by atoms with van der Waals surface area (Å²) in [6.45, 7) is 7.40. The molecule has 0 saturated heterocycles. The number of aromatic nitrogens is 3. The van der Waals surface area contributed by atoms with Crippen LogP contribution in [0.3, 0.4) is 0 Å². The predicted octanol–water partition coefficient (Wildman–Crippen LogP) is 5.79. The fraction of sp³-hybridized carbons (Fsp3) is 0.406. The third kappa shape index (κ3) is 8.01. The van der Waals surface area contributed by atoms with E-state index < -0.39 is 10.5 Å². The third-order valence-electron chi connectivity index (χ3n) is 7.14. The highest BCUT2D eigenvalue weighted by Crippen LogP contribution is 2.39. The van der Waals surface area contributed by atoms with Crippen molar-refractivity contribution in [2.75, 3.05) is 51.1 Å². The number of rotatable bonds is 13. The van der Waals surface area contributed by atoms with Crippen molar-refractivity contribution in [3.05, 3.63) is 65.0 Å². The van der Waals surface area contributed by atoms with Crippen molar-refractivity contribution in [2.24, 2.45) is 7.05 Å². The van der Waals surface area contributed by atoms with Crippen LogP contribution in [0, 0.1) is 10.1 Å². The molecule has 0 aliphatic carbocycles. The van der Waals surface area contributed by atoms with Gasteiger partial charge in [-0.2, -0.15) is 0 Å². The highest BCUT2D eigenvalue weighted by molar-refractivity contribution is 5.95. The Morgan fingerprint density at radius 2 is 1.86 bits per heavy atom. The molecule has 0 unspecified atom stereocenters. The molecule has 0 bridgehead atoms. The van der Waals surface area contributed by atoms with Gasteiger partial charge in [-0.3, -0.25) is 14.9 Å². The van der Waals surface area contributed by atoms with Crippen LogP contribution in [0.2, 0.25) is 0 Å². The van der Waals surface area contributed by atoms with Crippen molar-refractivity contribution in [3.8, 4) is 17.0 Å². The first-order valence-corrected chi connectivity index (χ1v) is 14.5. The lowest BCUT2D eigenvalue weighted by molar-refractivity contribution is -0.384. The zero-order valence-corrected chi connectivity index (χ0v) is 26.5. The van der Waals surface area contributed by atoms with Crippen molar-refractivity contribution in [2.45, 2.75) is 39.2 Å². The minimum absolute atomic E-state index is 0.0754. The Hall–Kier alpha value is -4.71. The van der Waals surface area contributed by atoms with Crippen molar-refractivity contribution >= 4 is 39.9 Å². The number of carbonyl (C=O) groups is 1. The number of carbonyl (C=O) groups excluding carboxylic acids is 1. The van der Waals surface area contributed by atoms with Gasteiger partial charge in [0, 0.05) is 74.6 Å². The molecule has 12 heteroatoms. The zero-order chi connectivity index (χ0) is 32.0. The number of hydrogen-bond acceptors (Lipinski definition) is 10. The molecule has 0 aliphatic rings. The number of likely N-dealkylation sites (N-methyl/N-ethyl adjacent to an activating group) is 2. The third-order valence-corrected chi connectivity index (χ3v) is 7.14. The monoisotopic (exact) mass is 603 g/mol. The number of nitro benzene ring substituents is 1. The number of esters is 1. The molecule has 0 amide bonds. The molecule has 44 heavy (non-hydrogen) atoms. The molecule has 0 saturated carbocycles. The number of hydrogen-bond donors (Lipinski definition) is 1. The average Bonchev–Trinajstić information content (AvgIpc) is 3.31. The number of nitrogens with one attached hydrogen (secondary N) is 1. The predicted molar refractivity (Wildman–Crippen MR) is 173 cm³/mol.